The van der Waals surface area contributed by atoms with Crippen molar-refractivity contribution in [2.24, 2.45) is 5.16 Å². The SMILES string of the molecule is CC1=NOC(N(C)C(=O)c2ccccc2)C1. The Morgan fingerprint density at radius 1 is 1.44 bits per heavy atom. The van der Waals surface area contributed by atoms with E-state index in [1.807, 2.05) is 25.1 Å². The van der Waals surface area contributed by atoms with Gasteiger partial charge in [0.1, 0.15) is 0 Å². The minimum Gasteiger partial charge on any atom is -0.370 e. The largest absolute Gasteiger partial charge is 0.370 e. The first-order valence-electron chi connectivity index (χ1n) is 5.20. The van der Waals surface area contributed by atoms with Gasteiger partial charge < -0.3 is 9.74 Å². The number of oxime groups is 1. The normalized spacial score (nSPS) is 18.9. The van der Waals surface area contributed by atoms with Crippen LogP contribution in [0.15, 0.2) is 35.5 Å². The van der Waals surface area contributed by atoms with Gasteiger partial charge in [0, 0.05) is 19.0 Å². The summed E-state index contributed by atoms with van der Waals surface area (Å²) in [5, 5.41) is 3.84. The Hall–Kier alpha value is -1.84. The second kappa shape index (κ2) is 4.35. The molecule has 1 unspecified atom stereocenters. The number of benzene rings is 1. The van der Waals surface area contributed by atoms with E-state index in [9.17, 15) is 4.79 Å². The van der Waals surface area contributed by atoms with E-state index in [4.69, 9.17) is 4.84 Å². The Morgan fingerprint density at radius 2 is 2.12 bits per heavy atom. The number of carbonyl (C=O) groups excluding carboxylic acids is 1. The van der Waals surface area contributed by atoms with E-state index in [2.05, 4.69) is 5.16 Å². The standard InChI is InChI=1S/C12H14N2O2/c1-9-8-11(16-13-9)14(2)12(15)10-6-4-3-5-7-10/h3-7,11H,8H2,1-2H3. The van der Waals surface area contributed by atoms with Crippen molar-refractivity contribution in [1.82, 2.24) is 4.90 Å². The maximum Gasteiger partial charge on any atom is 0.256 e. The molecule has 0 spiro atoms. The van der Waals surface area contributed by atoms with E-state index in [0.29, 0.717) is 12.0 Å². The third-order valence-corrected chi connectivity index (χ3v) is 2.57. The molecule has 84 valence electrons. The summed E-state index contributed by atoms with van der Waals surface area (Å²) in [6.07, 6.45) is 0.405. The third-order valence-electron chi connectivity index (χ3n) is 2.57. The molecule has 4 heteroatoms. The average molecular weight is 218 g/mol. The fourth-order valence-electron chi connectivity index (χ4n) is 1.60. The molecule has 0 aromatic heterocycles. The van der Waals surface area contributed by atoms with Gasteiger partial charge in [-0.1, -0.05) is 23.4 Å². The number of nitrogens with zero attached hydrogens (tertiary/aromatic N) is 2. The van der Waals surface area contributed by atoms with Crippen LogP contribution in [0, 0.1) is 0 Å². The molecule has 1 heterocycles. The molecule has 0 saturated heterocycles. The molecule has 1 aromatic carbocycles. The zero-order valence-electron chi connectivity index (χ0n) is 9.38. The molecule has 1 aromatic rings. The summed E-state index contributed by atoms with van der Waals surface area (Å²) in [5.74, 6) is -0.0458. The lowest BCUT2D eigenvalue weighted by atomic mass is 10.2. The van der Waals surface area contributed by atoms with Crippen LogP contribution in [0.2, 0.25) is 0 Å². The first-order chi connectivity index (χ1) is 7.68. The lowest BCUT2D eigenvalue weighted by Gasteiger charge is -2.22. The summed E-state index contributed by atoms with van der Waals surface area (Å²) in [7, 11) is 1.73. The van der Waals surface area contributed by atoms with Gasteiger partial charge in [0.2, 0.25) is 6.23 Å². The highest BCUT2D eigenvalue weighted by Gasteiger charge is 2.26. The highest BCUT2D eigenvalue weighted by molar-refractivity contribution is 5.94. The van der Waals surface area contributed by atoms with Crippen LogP contribution in [0.5, 0.6) is 0 Å². The number of rotatable bonds is 2. The summed E-state index contributed by atoms with van der Waals surface area (Å²) >= 11 is 0. The van der Waals surface area contributed by atoms with Crippen molar-refractivity contribution in [3.63, 3.8) is 0 Å². The van der Waals surface area contributed by atoms with E-state index < -0.39 is 0 Å². The second-order valence-corrected chi connectivity index (χ2v) is 3.87. The summed E-state index contributed by atoms with van der Waals surface area (Å²) < 4.78 is 0. The smallest absolute Gasteiger partial charge is 0.256 e. The van der Waals surface area contributed by atoms with Gasteiger partial charge in [-0.25, -0.2) is 0 Å². The Bertz CT molecular complexity index is 414. The van der Waals surface area contributed by atoms with Crippen molar-refractivity contribution in [3.05, 3.63) is 35.9 Å². The molecule has 1 aliphatic rings. The molecule has 0 saturated carbocycles. The maximum absolute atomic E-state index is 12.0. The minimum absolute atomic E-state index is 0.0458. The van der Waals surface area contributed by atoms with Gasteiger partial charge in [0.15, 0.2) is 0 Å². The van der Waals surface area contributed by atoms with Gasteiger partial charge in [-0.2, -0.15) is 0 Å². The molecule has 2 rings (SSSR count). The van der Waals surface area contributed by atoms with Crippen LogP contribution >= 0.6 is 0 Å². The summed E-state index contributed by atoms with van der Waals surface area (Å²) in [5.41, 5.74) is 1.58. The molecule has 1 aliphatic heterocycles. The fraction of sp³-hybridized carbons (Fsp3) is 0.333. The first-order valence-corrected chi connectivity index (χ1v) is 5.20. The van der Waals surface area contributed by atoms with Gasteiger partial charge in [-0.15, -0.1) is 0 Å². The molecule has 1 amide bonds. The van der Waals surface area contributed by atoms with E-state index in [-0.39, 0.29) is 12.1 Å². The van der Waals surface area contributed by atoms with Gasteiger partial charge in [-0.05, 0) is 19.1 Å². The van der Waals surface area contributed by atoms with Crippen molar-refractivity contribution < 1.29 is 9.63 Å². The van der Waals surface area contributed by atoms with Crippen LogP contribution in [0.3, 0.4) is 0 Å². The monoisotopic (exact) mass is 218 g/mol. The Kier molecular flexibility index (Phi) is 2.90. The molecule has 0 radical (unpaired) electrons. The van der Waals surface area contributed by atoms with Gasteiger partial charge in [-0.3, -0.25) is 4.79 Å². The van der Waals surface area contributed by atoms with Crippen molar-refractivity contribution >= 4 is 11.6 Å². The fourth-order valence-corrected chi connectivity index (χ4v) is 1.60. The summed E-state index contributed by atoms with van der Waals surface area (Å²) in [4.78, 5) is 18.8. The summed E-state index contributed by atoms with van der Waals surface area (Å²) in [6, 6.07) is 9.16. The molecule has 0 aliphatic carbocycles. The Morgan fingerprint density at radius 3 is 2.69 bits per heavy atom. The Balaban J connectivity index is 2.06. The van der Waals surface area contributed by atoms with Gasteiger partial charge >= 0.3 is 0 Å². The van der Waals surface area contributed by atoms with Crippen molar-refractivity contribution in [2.45, 2.75) is 19.6 Å². The quantitative estimate of drug-likeness (QED) is 0.760. The topological polar surface area (TPSA) is 41.9 Å². The van der Waals surface area contributed by atoms with E-state index >= 15 is 0 Å². The molecule has 1 atom stereocenters. The van der Waals surface area contributed by atoms with Crippen LogP contribution in [-0.4, -0.2) is 29.8 Å². The zero-order chi connectivity index (χ0) is 11.5. The zero-order valence-corrected chi connectivity index (χ0v) is 9.38. The number of carbonyl (C=O) groups is 1. The Labute approximate surface area is 94.5 Å². The van der Waals surface area contributed by atoms with E-state index in [1.54, 1.807) is 24.1 Å². The predicted octanol–water partition coefficient (Wildman–Crippen LogP) is 1.88. The summed E-state index contributed by atoms with van der Waals surface area (Å²) in [6.45, 7) is 1.89. The predicted molar refractivity (Wildman–Crippen MR) is 61.1 cm³/mol. The molecule has 16 heavy (non-hydrogen) atoms. The number of amides is 1. The van der Waals surface area contributed by atoms with Crippen molar-refractivity contribution in [2.75, 3.05) is 7.05 Å². The van der Waals surface area contributed by atoms with Crippen LogP contribution in [-0.2, 0) is 4.84 Å². The second-order valence-electron chi connectivity index (χ2n) is 3.87. The van der Waals surface area contributed by atoms with Gasteiger partial charge in [0.05, 0.1) is 5.71 Å². The molecule has 0 bridgehead atoms. The van der Waals surface area contributed by atoms with E-state index in [1.165, 1.54) is 0 Å². The first kappa shape index (κ1) is 10.7. The molecule has 0 fully saturated rings. The lowest BCUT2D eigenvalue weighted by Crippen LogP contribution is -2.37. The lowest BCUT2D eigenvalue weighted by molar-refractivity contribution is -0.0145. The highest BCUT2D eigenvalue weighted by atomic mass is 16.7. The third kappa shape index (κ3) is 2.05. The maximum atomic E-state index is 12.0. The van der Waals surface area contributed by atoms with Crippen LogP contribution < -0.4 is 0 Å². The molecular formula is C12H14N2O2. The highest BCUT2D eigenvalue weighted by Crippen LogP contribution is 2.15. The van der Waals surface area contributed by atoms with Crippen LogP contribution in [0.4, 0.5) is 0 Å². The molecule has 4 nitrogen and oxygen atoms in total. The van der Waals surface area contributed by atoms with Crippen LogP contribution in [0.1, 0.15) is 23.7 Å². The minimum atomic E-state index is -0.271. The molecule has 0 N–H and O–H groups in total. The molecular weight excluding hydrogens is 204 g/mol. The average Bonchev–Trinajstić information content (AvgIpc) is 2.75. The van der Waals surface area contributed by atoms with Gasteiger partial charge in [0.25, 0.3) is 5.91 Å². The number of hydrogen-bond acceptors (Lipinski definition) is 3. The van der Waals surface area contributed by atoms with Crippen molar-refractivity contribution in [1.29, 1.82) is 0 Å². The van der Waals surface area contributed by atoms with E-state index in [0.717, 1.165) is 5.71 Å². The number of hydrogen-bond donors (Lipinski definition) is 0. The van der Waals surface area contributed by atoms with Crippen molar-refractivity contribution in [3.8, 4) is 0 Å². The van der Waals surface area contributed by atoms with Crippen LogP contribution in [0.25, 0.3) is 0 Å².